The first-order valence-electron chi connectivity index (χ1n) is 3.79. The van der Waals surface area contributed by atoms with E-state index in [0.29, 0.717) is 17.9 Å². The van der Waals surface area contributed by atoms with Crippen molar-refractivity contribution in [1.82, 2.24) is 0 Å². The Morgan fingerprint density at radius 3 is 3.00 bits per heavy atom. The van der Waals surface area contributed by atoms with E-state index in [2.05, 4.69) is 0 Å². The Balaban J connectivity index is 2.69. The molecule has 0 saturated heterocycles. The summed E-state index contributed by atoms with van der Waals surface area (Å²) < 4.78 is 0.936. The van der Waals surface area contributed by atoms with Crippen molar-refractivity contribution in [3.8, 4) is 0 Å². The number of nitrogens with zero attached hydrogens (tertiary/aromatic N) is 1. The summed E-state index contributed by atoms with van der Waals surface area (Å²) in [6.07, 6.45) is 3.70. The van der Waals surface area contributed by atoms with Crippen molar-refractivity contribution >= 4 is 17.5 Å². The van der Waals surface area contributed by atoms with Crippen LogP contribution in [0.5, 0.6) is 0 Å². The standard InChI is InChI=1S/C9H9N2O/c10-8-4-1-5-9-7(8)3-2-6-11(9)12/h1-5H,6,10H2/q+1. The van der Waals surface area contributed by atoms with E-state index in [9.17, 15) is 4.91 Å². The molecule has 0 bridgehead atoms. The van der Waals surface area contributed by atoms with Crippen LogP contribution in [-0.4, -0.2) is 11.3 Å². The summed E-state index contributed by atoms with van der Waals surface area (Å²) >= 11 is 0. The fraction of sp³-hybridized carbons (Fsp3) is 0.111. The van der Waals surface area contributed by atoms with Crippen LogP contribution in [0, 0.1) is 4.91 Å². The molecule has 0 atom stereocenters. The van der Waals surface area contributed by atoms with Crippen molar-refractivity contribution in [2.75, 3.05) is 12.3 Å². The van der Waals surface area contributed by atoms with Gasteiger partial charge in [0.1, 0.15) is 0 Å². The molecule has 12 heavy (non-hydrogen) atoms. The molecule has 0 saturated carbocycles. The normalized spacial score (nSPS) is 14.5. The topological polar surface area (TPSA) is 46.1 Å². The van der Waals surface area contributed by atoms with Crippen molar-refractivity contribution in [2.24, 2.45) is 0 Å². The molecule has 0 radical (unpaired) electrons. The summed E-state index contributed by atoms with van der Waals surface area (Å²) in [5, 5.41) is 0. The van der Waals surface area contributed by atoms with Gasteiger partial charge in [0, 0.05) is 21.4 Å². The van der Waals surface area contributed by atoms with Gasteiger partial charge in [0.15, 0.2) is 0 Å². The average molecular weight is 161 g/mol. The number of fused-ring (bicyclic) bond motifs is 1. The molecule has 1 aliphatic heterocycles. The third-order valence-corrected chi connectivity index (χ3v) is 1.94. The Kier molecular flexibility index (Phi) is 1.43. The van der Waals surface area contributed by atoms with E-state index < -0.39 is 0 Å². The zero-order valence-corrected chi connectivity index (χ0v) is 6.53. The Morgan fingerprint density at radius 2 is 2.25 bits per heavy atom. The molecule has 0 unspecified atom stereocenters. The highest BCUT2D eigenvalue weighted by molar-refractivity contribution is 5.73. The molecule has 3 heteroatoms. The molecule has 1 heterocycles. The van der Waals surface area contributed by atoms with Crippen LogP contribution in [-0.2, 0) is 0 Å². The fourth-order valence-electron chi connectivity index (χ4n) is 1.33. The summed E-state index contributed by atoms with van der Waals surface area (Å²) in [5.74, 6) is 0. The van der Waals surface area contributed by atoms with E-state index >= 15 is 0 Å². The molecule has 1 aliphatic rings. The first kappa shape index (κ1) is 7.03. The van der Waals surface area contributed by atoms with E-state index in [0.717, 1.165) is 10.3 Å². The molecule has 0 spiro atoms. The summed E-state index contributed by atoms with van der Waals surface area (Å²) in [4.78, 5) is 11.2. The Labute approximate surface area is 70.1 Å². The first-order valence-corrected chi connectivity index (χ1v) is 3.79. The maximum atomic E-state index is 11.2. The zero-order chi connectivity index (χ0) is 8.55. The average Bonchev–Trinajstić information content (AvgIpc) is 2.07. The molecule has 1 aromatic rings. The lowest BCUT2D eigenvalue weighted by atomic mass is 10.1. The van der Waals surface area contributed by atoms with Gasteiger partial charge in [-0.2, -0.15) is 0 Å². The third-order valence-electron chi connectivity index (χ3n) is 1.94. The lowest BCUT2D eigenvalue weighted by Gasteiger charge is -2.04. The number of nitrogen functional groups attached to an aromatic ring is 1. The van der Waals surface area contributed by atoms with Crippen LogP contribution < -0.4 is 5.73 Å². The van der Waals surface area contributed by atoms with E-state index in [1.807, 2.05) is 12.2 Å². The predicted molar refractivity (Wildman–Crippen MR) is 48.0 cm³/mol. The second-order valence-electron chi connectivity index (χ2n) is 2.74. The lowest BCUT2D eigenvalue weighted by molar-refractivity contribution is -0.452. The maximum Gasteiger partial charge on any atom is 0.265 e. The number of nitroso groups, excluding NO2 is 1. The molecule has 0 fully saturated rings. The van der Waals surface area contributed by atoms with Gasteiger partial charge in [-0.25, -0.2) is 0 Å². The zero-order valence-electron chi connectivity index (χ0n) is 6.53. The van der Waals surface area contributed by atoms with E-state index in [1.165, 1.54) is 0 Å². The first-order chi connectivity index (χ1) is 5.79. The smallest absolute Gasteiger partial charge is 0.265 e. The number of hydrogen-bond acceptors (Lipinski definition) is 2. The Hall–Kier alpha value is -1.64. The van der Waals surface area contributed by atoms with E-state index in [4.69, 9.17) is 5.73 Å². The van der Waals surface area contributed by atoms with E-state index in [1.54, 1.807) is 18.2 Å². The molecule has 1 aromatic carbocycles. The van der Waals surface area contributed by atoms with Crippen LogP contribution in [0.1, 0.15) is 5.56 Å². The number of benzene rings is 1. The number of hydrogen-bond donors (Lipinski definition) is 1. The molecule has 0 aromatic heterocycles. The monoisotopic (exact) mass is 161 g/mol. The van der Waals surface area contributed by atoms with Gasteiger partial charge in [0.25, 0.3) is 5.69 Å². The van der Waals surface area contributed by atoms with Gasteiger partial charge in [0.05, 0.1) is 5.56 Å². The minimum absolute atomic E-state index is 0.413. The predicted octanol–water partition coefficient (Wildman–Crippen LogP) is 1.71. The summed E-state index contributed by atoms with van der Waals surface area (Å²) in [7, 11) is 0. The van der Waals surface area contributed by atoms with Gasteiger partial charge in [0.2, 0.25) is 6.54 Å². The number of anilines is 1. The Morgan fingerprint density at radius 1 is 1.42 bits per heavy atom. The molecule has 3 nitrogen and oxygen atoms in total. The minimum Gasteiger partial charge on any atom is -0.398 e. The van der Waals surface area contributed by atoms with Crippen molar-refractivity contribution < 1.29 is 4.76 Å². The molecular weight excluding hydrogens is 152 g/mol. The van der Waals surface area contributed by atoms with Gasteiger partial charge >= 0.3 is 0 Å². The second kappa shape index (κ2) is 2.44. The lowest BCUT2D eigenvalue weighted by Crippen LogP contribution is -2.07. The molecule has 2 N–H and O–H groups in total. The van der Waals surface area contributed by atoms with Crippen LogP contribution in [0.2, 0.25) is 0 Å². The van der Waals surface area contributed by atoms with Gasteiger partial charge in [-0.05, 0) is 18.2 Å². The summed E-state index contributed by atoms with van der Waals surface area (Å²) in [5.41, 5.74) is 7.84. The minimum atomic E-state index is 0.413. The van der Waals surface area contributed by atoms with Crippen LogP contribution in [0.3, 0.4) is 0 Å². The third kappa shape index (κ3) is 0.906. The van der Waals surface area contributed by atoms with Gasteiger partial charge in [-0.15, -0.1) is 0 Å². The highest BCUT2D eigenvalue weighted by atomic mass is 16.3. The van der Waals surface area contributed by atoms with Crippen molar-refractivity contribution in [3.05, 3.63) is 34.7 Å². The number of rotatable bonds is 0. The molecular formula is C9H9N2O+. The molecule has 0 aliphatic carbocycles. The van der Waals surface area contributed by atoms with Crippen molar-refractivity contribution in [3.63, 3.8) is 0 Å². The summed E-state index contributed by atoms with van der Waals surface area (Å²) in [6, 6.07) is 5.36. The van der Waals surface area contributed by atoms with Crippen LogP contribution in [0.25, 0.3) is 6.08 Å². The number of nitrogens with two attached hydrogens (primary N) is 1. The van der Waals surface area contributed by atoms with Gasteiger partial charge in [-0.3, -0.25) is 0 Å². The highest BCUT2D eigenvalue weighted by Crippen LogP contribution is 2.28. The van der Waals surface area contributed by atoms with E-state index in [-0.39, 0.29) is 0 Å². The fourth-order valence-corrected chi connectivity index (χ4v) is 1.33. The molecule has 0 amide bonds. The SMILES string of the molecule is Nc1cccc2c1C=CC[N+]2=O. The van der Waals surface area contributed by atoms with Gasteiger partial charge < -0.3 is 5.73 Å². The molecule has 60 valence electrons. The van der Waals surface area contributed by atoms with Crippen LogP contribution in [0.4, 0.5) is 11.4 Å². The van der Waals surface area contributed by atoms with Gasteiger partial charge in [-0.1, -0.05) is 6.07 Å². The maximum absolute atomic E-state index is 11.2. The van der Waals surface area contributed by atoms with Crippen LogP contribution >= 0.6 is 0 Å². The van der Waals surface area contributed by atoms with Crippen molar-refractivity contribution in [1.29, 1.82) is 0 Å². The highest BCUT2D eigenvalue weighted by Gasteiger charge is 2.21. The largest absolute Gasteiger partial charge is 0.398 e. The molecule has 2 rings (SSSR count). The Bertz CT molecular complexity index is 369. The van der Waals surface area contributed by atoms with Crippen LogP contribution in [0.15, 0.2) is 24.3 Å². The summed E-state index contributed by atoms with van der Waals surface area (Å²) in [6.45, 7) is 0.413. The quantitative estimate of drug-likeness (QED) is 0.465. The second-order valence-corrected chi connectivity index (χ2v) is 2.74. The van der Waals surface area contributed by atoms with Crippen molar-refractivity contribution in [2.45, 2.75) is 0 Å².